The molecule has 0 saturated heterocycles. The highest BCUT2D eigenvalue weighted by Crippen LogP contribution is 2.39. The lowest BCUT2D eigenvalue weighted by Gasteiger charge is -2.29. The molecule has 0 unspecified atom stereocenters. The van der Waals surface area contributed by atoms with Crippen LogP contribution in [-0.4, -0.2) is 17.5 Å². The van der Waals surface area contributed by atoms with Crippen molar-refractivity contribution in [3.05, 3.63) is 35.4 Å². The highest BCUT2D eigenvalue weighted by Gasteiger charge is 2.26. The molecule has 1 amide bonds. The van der Waals surface area contributed by atoms with Crippen LogP contribution in [0.5, 0.6) is 5.75 Å². The molecule has 2 rings (SSSR count). The third-order valence-electron chi connectivity index (χ3n) is 2.56. The summed E-state index contributed by atoms with van der Waals surface area (Å²) >= 11 is 3.48. The average molecular weight is 324 g/mol. The number of nitrogens with two attached hydrogens (primary N) is 2. The van der Waals surface area contributed by atoms with E-state index in [-0.39, 0.29) is 5.96 Å². The Morgan fingerprint density at radius 2 is 2.05 bits per heavy atom. The SMILES string of the molecule is CC1(C)C=C(Br)c2cc(C(=O)N=C(N)N)ccc2O1. The van der Waals surface area contributed by atoms with Gasteiger partial charge < -0.3 is 16.2 Å². The van der Waals surface area contributed by atoms with E-state index in [0.29, 0.717) is 11.3 Å². The molecule has 0 atom stereocenters. The summed E-state index contributed by atoms with van der Waals surface area (Å²) in [5, 5.41) is 0. The van der Waals surface area contributed by atoms with Gasteiger partial charge in [0.05, 0.1) is 0 Å². The van der Waals surface area contributed by atoms with Crippen molar-refractivity contribution in [3.8, 4) is 5.75 Å². The van der Waals surface area contributed by atoms with Crippen LogP contribution in [0.25, 0.3) is 4.48 Å². The predicted octanol–water partition coefficient (Wildman–Crippen LogP) is 2.01. The van der Waals surface area contributed by atoms with Crippen LogP contribution < -0.4 is 16.2 Å². The van der Waals surface area contributed by atoms with Gasteiger partial charge in [-0.1, -0.05) is 15.9 Å². The summed E-state index contributed by atoms with van der Waals surface area (Å²) < 4.78 is 6.68. The van der Waals surface area contributed by atoms with Gasteiger partial charge in [-0.05, 0) is 38.1 Å². The third-order valence-corrected chi connectivity index (χ3v) is 3.22. The highest BCUT2D eigenvalue weighted by atomic mass is 79.9. The van der Waals surface area contributed by atoms with Crippen LogP contribution in [0, 0.1) is 0 Å². The van der Waals surface area contributed by atoms with E-state index < -0.39 is 11.5 Å². The molecule has 0 spiro atoms. The number of nitrogens with zero attached hydrogens (tertiary/aromatic N) is 1. The zero-order valence-electron chi connectivity index (χ0n) is 10.6. The van der Waals surface area contributed by atoms with Crippen LogP contribution in [-0.2, 0) is 0 Å². The van der Waals surface area contributed by atoms with Gasteiger partial charge in [0.1, 0.15) is 11.4 Å². The van der Waals surface area contributed by atoms with Gasteiger partial charge in [-0.2, -0.15) is 4.99 Å². The molecule has 1 aromatic rings. The number of rotatable bonds is 1. The van der Waals surface area contributed by atoms with E-state index in [1.807, 2.05) is 19.9 Å². The molecule has 1 aliphatic rings. The lowest BCUT2D eigenvalue weighted by atomic mass is 10.0. The van der Waals surface area contributed by atoms with Gasteiger partial charge in [0, 0.05) is 15.6 Å². The summed E-state index contributed by atoms with van der Waals surface area (Å²) in [6, 6.07) is 5.07. The first-order chi connectivity index (χ1) is 8.78. The number of halogens is 1. The fraction of sp³-hybridized carbons (Fsp3) is 0.231. The Kier molecular flexibility index (Phi) is 3.36. The topological polar surface area (TPSA) is 90.7 Å². The molecule has 0 radical (unpaired) electrons. The molecule has 1 aliphatic heterocycles. The Hall–Kier alpha value is -1.82. The number of carbonyl (C=O) groups excluding carboxylic acids is 1. The van der Waals surface area contributed by atoms with Crippen molar-refractivity contribution in [1.82, 2.24) is 0 Å². The number of hydrogen-bond acceptors (Lipinski definition) is 2. The maximum atomic E-state index is 11.8. The Balaban J connectivity index is 2.44. The number of ether oxygens (including phenoxy) is 1. The normalized spacial score (nSPS) is 15.8. The monoisotopic (exact) mass is 323 g/mol. The first kappa shape index (κ1) is 13.6. The standard InChI is InChI=1S/C13H14BrN3O2/c1-13(2)6-9(14)8-5-7(3-4-10(8)19-13)11(18)17-12(15)16/h3-6H,1-2H3,(H4,15,16,17,18). The fourth-order valence-corrected chi connectivity index (χ4v) is 2.68. The second-order valence-corrected chi connectivity index (χ2v) is 5.60. The molecule has 0 fully saturated rings. The van der Waals surface area contributed by atoms with Gasteiger partial charge in [0.25, 0.3) is 5.91 Å². The summed E-state index contributed by atoms with van der Waals surface area (Å²) in [5.74, 6) is -0.0247. The van der Waals surface area contributed by atoms with E-state index in [2.05, 4.69) is 20.9 Å². The molecule has 6 heteroatoms. The number of amides is 1. The third kappa shape index (κ3) is 2.96. The summed E-state index contributed by atoms with van der Waals surface area (Å²) in [6.45, 7) is 3.91. The largest absolute Gasteiger partial charge is 0.483 e. The highest BCUT2D eigenvalue weighted by molar-refractivity contribution is 9.15. The van der Waals surface area contributed by atoms with E-state index in [0.717, 1.165) is 10.0 Å². The van der Waals surface area contributed by atoms with Gasteiger partial charge in [0.15, 0.2) is 5.96 Å². The minimum atomic E-state index is -0.479. The summed E-state index contributed by atoms with van der Waals surface area (Å²) in [7, 11) is 0. The molecule has 0 bridgehead atoms. The smallest absolute Gasteiger partial charge is 0.280 e. The first-order valence-corrected chi connectivity index (χ1v) is 6.43. The molecule has 1 aromatic carbocycles. The Labute approximate surface area is 119 Å². The Morgan fingerprint density at radius 3 is 2.68 bits per heavy atom. The quantitative estimate of drug-likeness (QED) is 0.611. The van der Waals surface area contributed by atoms with Crippen molar-refractivity contribution in [3.63, 3.8) is 0 Å². The molecule has 0 aliphatic carbocycles. The van der Waals surface area contributed by atoms with Crippen LogP contribution in [0.3, 0.4) is 0 Å². The van der Waals surface area contributed by atoms with E-state index in [1.54, 1.807) is 18.2 Å². The molecule has 19 heavy (non-hydrogen) atoms. The van der Waals surface area contributed by atoms with Crippen molar-refractivity contribution >= 4 is 32.3 Å². The second-order valence-electron chi connectivity index (χ2n) is 4.75. The van der Waals surface area contributed by atoms with Gasteiger partial charge in [-0.25, -0.2) is 0 Å². The summed E-state index contributed by atoms with van der Waals surface area (Å²) in [4.78, 5) is 15.3. The fourth-order valence-electron chi connectivity index (χ4n) is 1.82. The van der Waals surface area contributed by atoms with Gasteiger partial charge in [-0.15, -0.1) is 0 Å². The van der Waals surface area contributed by atoms with Crippen molar-refractivity contribution in [2.45, 2.75) is 19.4 Å². The molecule has 0 saturated carbocycles. The minimum Gasteiger partial charge on any atom is -0.483 e. The summed E-state index contributed by atoms with van der Waals surface area (Å²) in [6.07, 6.45) is 1.93. The van der Waals surface area contributed by atoms with Crippen LogP contribution >= 0.6 is 15.9 Å². The van der Waals surface area contributed by atoms with Crippen LogP contribution in [0.2, 0.25) is 0 Å². The van der Waals surface area contributed by atoms with E-state index >= 15 is 0 Å². The van der Waals surface area contributed by atoms with E-state index in [4.69, 9.17) is 16.2 Å². The molecule has 0 aromatic heterocycles. The van der Waals surface area contributed by atoms with Crippen LogP contribution in [0.1, 0.15) is 29.8 Å². The maximum Gasteiger partial charge on any atom is 0.280 e. The first-order valence-electron chi connectivity index (χ1n) is 5.64. The van der Waals surface area contributed by atoms with Crippen molar-refractivity contribution in [2.24, 2.45) is 16.5 Å². The number of carbonyl (C=O) groups is 1. The van der Waals surface area contributed by atoms with E-state index in [9.17, 15) is 4.79 Å². The van der Waals surface area contributed by atoms with Crippen molar-refractivity contribution in [2.75, 3.05) is 0 Å². The molecule has 100 valence electrons. The number of guanidine groups is 1. The predicted molar refractivity (Wildman–Crippen MR) is 78.2 cm³/mol. The number of hydrogen-bond donors (Lipinski definition) is 2. The maximum absolute atomic E-state index is 11.8. The number of benzene rings is 1. The van der Waals surface area contributed by atoms with Gasteiger partial charge >= 0.3 is 0 Å². The lowest BCUT2D eigenvalue weighted by molar-refractivity contribution is 0.100. The zero-order chi connectivity index (χ0) is 14.2. The molecule has 4 N–H and O–H groups in total. The van der Waals surface area contributed by atoms with Crippen LogP contribution in [0.4, 0.5) is 0 Å². The molecule has 5 nitrogen and oxygen atoms in total. The van der Waals surface area contributed by atoms with Crippen molar-refractivity contribution in [1.29, 1.82) is 0 Å². The molecular weight excluding hydrogens is 310 g/mol. The zero-order valence-corrected chi connectivity index (χ0v) is 12.2. The number of aliphatic imine (C=N–C) groups is 1. The minimum absolute atomic E-state index is 0.255. The average Bonchev–Trinajstić information content (AvgIpc) is 2.26. The second kappa shape index (κ2) is 4.70. The lowest BCUT2D eigenvalue weighted by Crippen LogP contribution is -2.28. The number of fused-ring (bicyclic) bond motifs is 1. The molecule has 1 heterocycles. The van der Waals surface area contributed by atoms with Gasteiger partial charge in [0.2, 0.25) is 0 Å². The van der Waals surface area contributed by atoms with E-state index in [1.165, 1.54) is 0 Å². The van der Waals surface area contributed by atoms with Crippen molar-refractivity contribution < 1.29 is 9.53 Å². The molecular formula is C13H14BrN3O2. The van der Waals surface area contributed by atoms with Crippen LogP contribution in [0.15, 0.2) is 29.3 Å². The van der Waals surface area contributed by atoms with Gasteiger partial charge in [-0.3, -0.25) is 4.79 Å². The Bertz CT molecular complexity index is 602. The Morgan fingerprint density at radius 1 is 1.37 bits per heavy atom. The summed E-state index contributed by atoms with van der Waals surface area (Å²) in [5.41, 5.74) is 11.2.